The third-order valence-corrected chi connectivity index (χ3v) is 12.8. The number of hydrogen-bond acceptors (Lipinski definition) is 8. The number of carbonyl (C=O) groups is 2. The molecule has 13 heteroatoms. The molecule has 0 amide bonds. The number of fused-ring (bicyclic) bond motifs is 2. The maximum atomic E-state index is 14.0. The summed E-state index contributed by atoms with van der Waals surface area (Å²) in [6.07, 6.45) is 7.90. The van der Waals surface area contributed by atoms with Crippen LogP contribution in [0.4, 0.5) is 0 Å². The molecule has 13 nitrogen and oxygen atoms in total. The van der Waals surface area contributed by atoms with E-state index in [-0.39, 0.29) is 18.4 Å². The van der Waals surface area contributed by atoms with E-state index in [2.05, 4.69) is 55.1 Å². The Balaban J connectivity index is 1.13. The minimum atomic E-state index is -1.61. The third-order valence-electron chi connectivity index (χ3n) is 12.8. The van der Waals surface area contributed by atoms with Crippen molar-refractivity contribution >= 4 is 33.7 Å². The highest BCUT2D eigenvalue weighted by molar-refractivity contribution is 5.99. The number of carbonyl (C=O) groups excluding carboxylic acids is 1. The van der Waals surface area contributed by atoms with Crippen LogP contribution in [0.1, 0.15) is 95.6 Å². The fourth-order valence-electron chi connectivity index (χ4n) is 9.30. The van der Waals surface area contributed by atoms with Crippen LogP contribution in [-0.2, 0) is 40.0 Å². The van der Waals surface area contributed by atoms with Gasteiger partial charge in [-0.2, -0.15) is 0 Å². The van der Waals surface area contributed by atoms with Crippen LogP contribution in [0, 0.1) is 5.92 Å². The van der Waals surface area contributed by atoms with Crippen LogP contribution in [0.2, 0.25) is 0 Å². The summed E-state index contributed by atoms with van der Waals surface area (Å²) < 4.78 is 10.1. The Morgan fingerprint density at radius 3 is 1.83 bits per heavy atom. The Labute approximate surface area is 348 Å². The number of carboxylic acid groups (broad SMARTS) is 1. The number of esters is 1. The molecule has 60 heavy (non-hydrogen) atoms. The van der Waals surface area contributed by atoms with Crippen molar-refractivity contribution in [2.75, 3.05) is 20.6 Å². The maximum Gasteiger partial charge on any atom is 0.353 e. The summed E-state index contributed by atoms with van der Waals surface area (Å²) in [5.74, 6) is -3.17. The van der Waals surface area contributed by atoms with Crippen molar-refractivity contribution in [3.05, 3.63) is 103 Å². The Kier molecular flexibility index (Phi) is 11.1. The average Bonchev–Trinajstić information content (AvgIpc) is 3.58. The zero-order chi connectivity index (χ0) is 42.6. The van der Waals surface area contributed by atoms with Crippen LogP contribution in [0.25, 0.3) is 44.3 Å². The normalized spacial score (nSPS) is 14.7. The predicted molar refractivity (Wildman–Crippen MR) is 233 cm³/mol. The molecule has 0 bridgehead atoms. The van der Waals surface area contributed by atoms with E-state index < -0.39 is 45.7 Å². The van der Waals surface area contributed by atoms with Crippen LogP contribution >= 0.6 is 0 Å². The van der Waals surface area contributed by atoms with Crippen molar-refractivity contribution in [2.24, 2.45) is 20.0 Å². The van der Waals surface area contributed by atoms with E-state index >= 15 is 0 Å². The summed E-state index contributed by atoms with van der Waals surface area (Å²) in [6.45, 7) is 6.17. The van der Waals surface area contributed by atoms with E-state index in [0.29, 0.717) is 34.1 Å². The van der Waals surface area contributed by atoms with Crippen molar-refractivity contribution in [3.8, 4) is 34.0 Å². The molecule has 8 rings (SSSR count). The predicted octanol–water partition coefficient (Wildman–Crippen LogP) is 7.34. The average molecular weight is 815 g/mol. The molecule has 2 saturated carbocycles. The SMILES string of the molecule is CCc1c(-c2ccc3c(c2)cc(CN(C)C2CCCC2)n3C)[nH]c(=O)c(C(=O)Oc2c(CC)c(-c3ccc4c(c3)cc(CN(C)CC3CC3)n4C)[nH]c(=O)c2C(=O)O)c1O. The molecule has 0 saturated heterocycles. The van der Waals surface area contributed by atoms with E-state index in [1.54, 1.807) is 13.8 Å². The van der Waals surface area contributed by atoms with Crippen molar-refractivity contribution < 1.29 is 24.5 Å². The molecule has 0 radical (unpaired) electrons. The van der Waals surface area contributed by atoms with E-state index in [1.165, 1.54) is 38.5 Å². The number of rotatable bonds is 14. The molecule has 2 fully saturated rings. The van der Waals surface area contributed by atoms with Crippen molar-refractivity contribution in [1.29, 1.82) is 0 Å². The van der Waals surface area contributed by atoms with E-state index in [0.717, 1.165) is 58.7 Å². The van der Waals surface area contributed by atoms with Gasteiger partial charge in [-0.3, -0.25) is 14.5 Å². The third kappa shape index (κ3) is 7.56. The summed E-state index contributed by atoms with van der Waals surface area (Å²) in [5.41, 5.74) is 3.43. The molecule has 4 aromatic heterocycles. The molecule has 314 valence electrons. The smallest absolute Gasteiger partial charge is 0.353 e. The number of nitrogens with one attached hydrogen (secondary N) is 2. The van der Waals surface area contributed by atoms with Gasteiger partial charge in [0, 0.05) is 84.1 Å². The summed E-state index contributed by atoms with van der Waals surface area (Å²) in [5, 5.41) is 23.7. The largest absolute Gasteiger partial charge is 0.506 e. The number of ether oxygens (including phenoxy) is 1. The van der Waals surface area contributed by atoms with Gasteiger partial charge in [0.15, 0.2) is 16.9 Å². The van der Waals surface area contributed by atoms with Crippen LogP contribution in [-0.4, -0.2) is 77.7 Å². The first-order chi connectivity index (χ1) is 28.8. The highest BCUT2D eigenvalue weighted by Crippen LogP contribution is 2.37. The first kappa shape index (κ1) is 40.8. The molecule has 0 atom stereocenters. The second-order valence-corrected chi connectivity index (χ2v) is 16.9. The summed E-state index contributed by atoms with van der Waals surface area (Å²) in [7, 11) is 8.35. The Hall–Kier alpha value is -5.92. The molecule has 6 aromatic rings. The maximum absolute atomic E-state index is 14.0. The van der Waals surface area contributed by atoms with Crippen LogP contribution in [0.3, 0.4) is 0 Å². The van der Waals surface area contributed by atoms with E-state index in [9.17, 15) is 29.4 Å². The minimum absolute atomic E-state index is 0.168. The molecule has 4 N–H and O–H groups in total. The van der Waals surface area contributed by atoms with Gasteiger partial charge in [0.1, 0.15) is 5.75 Å². The number of pyridine rings is 2. The molecule has 2 aliphatic rings. The van der Waals surface area contributed by atoms with Gasteiger partial charge in [0.25, 0.3) is 11.1 Å². The number of aryl methyl sites for hydroxylation is 2. The van der Waals surface area contributed by atoms with Crippen molar-refractivity contribution in [3.63, 3.8) is 0 Å². The van der Waals surface area contributed by atoms with Gasteiger partial charge >= 0.3 is 11.9 Å². The highest BCUT2D eigenvalue weighted by Gasteiger charge is 2.31. The molecule has 0 spiro atoms. The number of carboxylic acids is 1. The Morgan fingerprint density at radius 2 is 1.30 bits per heavy atom. The van der Waals surface area contributed by atoms with Gasteiger partial charge < -0.3 is 39.0 Å². The Bertz CT molecular complexity index is 2780. The molecule has 4 heterocycles. The lowest BCUT2D eigenvalue weighted by atomic mass is 9.99. The number of benzene rings is 2. The van der Waals surface area contributed by atoms with Gasteiger partial charge in [-0.05, 0) is 106 Å². The van der Waals surface area contributed by atoms with E-state index in [1.807, 2.05) is 50.5 Å². The fourth-order valence-corrected chi connectivity index (χ4v) is 9.30. The van der Waals surface area contributed by atoms with Gasteiger partial charge in [-0.25, -0.2) is 9.59 Å². The number of nitrogens with zero attached hydrogens (tertiary/aromatic N) is 4. The second-order valence-electron chi connectivity index (χ2n) is 16.9. The highest BCUT2D eigenvalue weighted by atomic mass is 16.5. The standard InChI is InChI=1S/C47H54N6O7/c1-7-34-40(27-15-17-37-30(19-27)22-33(53(37)6)25-51(4)31-11-9-10-12-31)48-44(55)38(42(34)54)47(59)60-43-35(8-2)41(49-45(56)39(43)46(57)58)28-16-18-36-29(20-28)21-32(52(36)5)24-50(3)23-26-13-14-26/h15-22,26,31H,7-14,23-25H2,1-6H3,(H,49,56)(H,57,58)(H2,48,54,55). The number of aromatic carboxylic acids is 1. The summed E-state index contributed by atoms with van der Waals surface area (Å²) in [6, 6.07) is 16.3. The quantitative estimate of drug-likeness (QED) is 0.0824. The van der Waals surface area contributed by atoms with Crippen LogP contribution < -0.4 is 15.9 Å². The fraction of sp³-hybridized carbons (Fsp3) is 0.404. The van der Waals surface area contributed by atoms with Gasteiger partial charge in [0.2, 0.25) is 0 Å². The minimum Gasteiger partial charge on any atom is -0.506 e. The molecular weight excluding hydrogens is 761 g/mol. The molecule has 0 unspecified atom stereocenters. The number of hydrogen-bond donors (Lipinski definition) is 4. The Morgan fingerprint density at radius 1 is 0.767 bits per heavy atom. The first-order valence-corrected chi connectivity index (χ1v) is 21.1. The summed E-state index contributed by atoms with van der Waals surface area (Å²) >= 11 is 0. The zero-order valence-corrected chi connectivity index (χ0v) is 35.3. The number of aromatic amines is 2. The number of aromatic hydroxyl groups is 1. The first-order valence-electron chi connectivity index (χ1n) is 21.1. The topological polar surface area (TPSA) is 166 Å². The van der Waals surface area contributed by atoms with Crippen molar-refractivity contribution in [2.45, 2.75) is 84.3 Å². The van der Waals surface area contributed by atoms with Gasteiger partial charge in [-0.15, -0.1) is 0 Å². The lowest BCUT2D eigenvalue weighted by Gasteiger charge is -2.24. The van der Waals surface area contributed by atoms with Gasteiger partial charge in [-0.1, -0.05) is 38.8 Å². The second kappa shape index (κ2) is 16.3. The molecular formula is C47H54N6O7. The van der Waals surface area contributed by atoms with Gasteiger partial charge in [0.05, 0.1) is 11.4 Å². The van der Waals surface area contributed by atoms with Crippen LogP contribution in [0.15, 0.2) is 58.1 Å². The zero-order valence-electron chi connectivity index (χ0n) is 35.3. The number of H-pyrrole nitrogens is 2. The van der Waals surface area contributed by atoms with Crippen molar-refractivity contribution in [1.82, 2.24) is 28.9 Å². The van der Waals surface area contributed by atoms with E-state index in [4.69, 9.17) is 4.74 Å². The number of aromatic nitrogens is 4. The molecule has 2 aromatic carbocycles. The lowest BCUT2D eigenvalue weighted by molar-refractivity contribution is 0.0677. The molecule has 2 aliphatic carbocycles. The monoisotopic (exact) mass is 814 g/mol. The van der Waals surface area contributed by atoms with Crippen LogP contribution in [0.5, 0.6) is 11.5 Å². The lowest BCUT2D eigenvalue weighted by Crippen LogP contribution is -2.29. The molecule has 0 aliphatic heterocycles. The summed E-state index contributed by atoms with van der Waals surface area (Å²) in [4.78, 5) is 64.2.